The van der Waals surface area contributed by atoms with Gasteiger partial charge in [0.25, 0.3) is 0 Å². The molecule has 2 amide bonds. The van der Waals surface area contributed by atoms with Crippen LogP contribution in [0.4, 0.5) is 0 Å². The fourth-order valence-electron chi connectivity index (χ4n) is 2.76. The van der Waals surface area contributed by atoms with Crippen molar-refractivity contribution >= 4 is 23.4 Å². The van der Waals surface area contributed by atoms with E-state index in [1.54, 1.807) is 31.1 Å². The first-order valence-electron chi connectivity index (χ1n) is 8.89. The second-order valence-corrected chi connectivity index (χ2v) is 6.68. The number of hydrogen-bond donors (Lipinski definition) is 1. The number of carbonyl (C=O) groups excluding carboxylic acids is 2. The van der Waals surface area contributed by atoms with Crippen LogP contribution in [0.15, 0.2) is 48.5 Å². The van der Waals surface area contributed by atoms with Gasteiger partial charge in [-0.3, -0.25) is 9.59 Å². The summed E-state index contributed by atoms with van der Waals surface area (Å²) in [5, 5.41) is 3.37. The zero-order chi connectivity index (χ0) is 19.8. The number of amides is 2. The van der Waals surface area contributed by atoms with E-state index in [0.717, 1.165) is 16.9 Å². The van der Waals surface area contributed by atoms with Gasteiger partial charge in [0.1, 0.15) is 11.8 Å². The first kappa shape index (κ1) is 20.8. The molecule has 0 spiro atoms. The summed E-state index contributed by atoms with van der Waals surface area (Å²) in [5.41, 5.74) is 1.74. The van der Waals surface area contributed by atoms with Gasteiger partial charge < -0.3 is 15.0 Å². The number of rotatable bonds is 8. The van der Waals surface area contributed by atoms with Crippen molar-refractivity contribution in [3.8, 4) is 5.75 Å². The molecule has 27 heavy (non-hydrogen) atoms. The summed E-state index contributed by atoms with van der Waals surface area (Å²) >= 11 is 6.02. The van der Waals surface area contributed by atoms with Crippen molar-refractivity contribution in [3.63, 3.8) is 0 Å². The molecule has 1 unspecified atom stereocenters. The minimum absolute atomic E-state index is 0.133. The molecule has 0 saturated heterocycles. The maximum atomic E-state index is 13.0. The maximum Gasteiger partial charge on any atom is 0.242 e. The third-order valence-electron chi connectivity index (χ3n) is 4.27. The molecule has 0 heterocycles. The highest BCUT2D eigenvalue weighted by Crippen LogP contribution is 2.17. The topological polar surface area (TPSA) is 58.6 Å². The van der Waals surface area contributed by atoms with E-state index < -0.39 is 6.04 Å². The molecule has 0 aliphatic heterocycles. The number of carbonyl (C=O) groups is 2. The third-order valence-corrected chi connectivity index (χ3v) is 4.51. The Bertz CT molecular complexity index is 777. The van der Waals surface area contributed by atoms with Crippen LogP contribution in [0.3, 0.4) is 0 Å². The Balaban J connectivity index is 2.21. The van der Waals surface area contributed by atoms with Crippen molar-refractivity contribution in [2.75, 3.05) is 13.7 Å². The van der Waals surface area contributed by atoms with Crippen molar-refractivity contribution in [2.45, 2.75) is 32.9 Å². The van der Waals surface area contributed by atoms with Gasteiger partial charge in [-0.1, -0.05) is 35.9 Å². The molecule has 2 aromatic rings. The van der Waals surface area contributed by atoms with Crippen LogP contribution >= 0.6 is 11.6 Å². The van der Waals surface area contributed by atoms with Crippen molar-refractivity contribution < 1.29 is 14.3 Å². The minimum Gasteiger partial charge on any atom is -0.497 e. The van der Waals surface area contributed by atoms with Gasteiger partial charge in [0.05, 0.1) is 13.5 Å². The normalized spacial score (nSPS) is 11.6. The summed E-state index contributed by atoms with van der Waals surface area (Å²) in [7, 11) is 1.60. The van der Waals surface area contributed by atoms with E-state index in [1.165, 1.54) is 0 Å². The van der Waals surface area contributed by atoms with Crippen LogP contribution in [0.1, 0.15) is 25.0 Å². The molecule has 0 fully saturated rings. The highest BCUT2D eigenvalue weighted by Gasteiger charge is 2.25. The summed E-state index contributed by atoms with van der Waals surface area (Å²) in [6, 6.07) is 14.1. The third kappa shape index (κ3) is 6.00. The van der Waals surface area contributed by atoms with E-state index in [9.17, 15) is 9.59 Å². The standard InChI is InChI=1S/C21H25ClN2O3/c1-4-23-21(26)15(2)24(14-16-8-10-19(27-3)11-9-16)20(25)13-17-6-5-7-18(22)12-17/h5-12,15H,4,13-14H2,1-3H3,(H,23,26). The van der Waals surface area contributed by atoms with Crippen LogP contribution < -0.4 is 10.1 Å². The first-order valence-corrected chi connectivity index (χ1v) is 9.27. The number of nitrogens with one attached hydrogen (secondary N) is 1. The van der Waals surface area contributed by atoms with Crippen molar-refractivity contribution in [1.82, 2.24) is 10.2 Å². The van der Waals surface area contributed by atoms with Gasteiger partial charge in [-0.05, 0) is 49.2 Å². The minimum atomic E-state index is -0.585. The fourth-order valence-corrected chi connectivity index (χ4v) is 2.97. The van der Waals surface area contributed by atoms with Gasteiger partial charge in [-0.15, -0.1) is 0 Å². The number of hydrogen-bond acceptors (Lipinski definition) is 3. The lowest BCUT2D eigenvalue weighted by molar-refractivity contribution is -0.140. The lowest BCUT2D eigenvalue weighted by atomic mass is 10.1. The van der Waals surface area contributed by atoms with Gasteiger partial charge in [0.2, 0.25) is 11.8 Å². The predicted molar refractivity (Wildman–Crippen MR) is 107 cm³/mol. The number of benzene rings is 2. The van der Waals surface area contributed by atoms with Crippen molar-refractivity contribution in [2.24, 2.45) is 0 Å². The van der Waals surface area contributed by atoms with Crippen LogP contribution in [0.2, 0.25) is 5.02 Å². The highest BCUT2D eigenvalue weighted by atomic mass is 35.5. The first-order chi connectivity index (χ1) is 12.9. The van der Waals surface area contributed by atoms with Crippen LogP contribution in [-0.2, 0) is 22.6 Å². The fraction of sp³-hybridized carbons (Fsp3) is 0.333. The molecule has 0 aliphatic carbocycles. The second kappa shape index (κ2) is 9.97. The SMILES string of the molecule is CCNC(=O)C(C)N(Cc1ccc(OC)cc1)C(=O)Cc1cccc(Cl)c1. The van der Waals surface area contributed by atoms with Crippen molar-refractivity contribution in [3.05, 3.63) is 64.7 Å². The molecule has 0 bridgehead atoms. The molecule has 0 radical (unpaired) electrons. The Hall–Kier alpha value is -2.53. The Labute approximate surface area is 165 Å². The monoisotopic (exact) mass is 388 g/mol. The molecule has 2 aromatic carbocycles. The molecule has 5 nitrogen and oxygen atoms in total. The van der Waals surface area contributed by atoms with Gasteiger partial charge in [-0.2, -0.15) is 0 Å². The lowest BCUT2D eigenvalue weighted by Gasteiger charge is -2.29. The van der Waals surface area contributed by atoms with Gasteiger partial charge in [0, 0.05) is 18.1 Å². The molecular formula is C21H25ClN2O3. The number of likely N-dealkylation sites (N-methyl/N-ethyl adjacent to an activating group) is 1. The number of ether oxygens (including phenoxy) is 1. The molecular weight excluding hydrogens is 364 g/mol. The predicted octanol–water partition coefficient (Wildman–Crippen LogP) is 3.44. The molecule has 0 aromatic heterocycles. The molecule has 144 valence electrons. The van der Waals surface area contributed by atoms with E-state index in [-0.39, 0.29) is 18.2 Å². The Morgan fingerprint density at radius 3 is 2.44 bits per heavy atom. The van der Waals surface area contributed by atoms with Gasteiger partial charge >= 0.3 is 0 Å². The molecule has 0 aliphatic rings. The number of nitrogens with zero attached hydrogens (tertiary/aromatic N) is 1. The zero-order valence-corrected chi connectivity index (χ0v) is 16.6. The van der Waals surface area contributed by atoms with Gasteiger partial charge in [0.15, 0.2) is 0 Å². The molecule has 2 rings (SSSR count). The smallest absolute Gasteiger partial charge is 0.242 e. The summed E-state index contributed by atoms with van der Waals surface area (Å²) in [5.74, 6) is 0.435. The van der Waals surface area contributed by atoms with E-state index in [4.69, 9.17) is 16.3 Å². The molecule has 0 saturated carbocycles. The van der Waals surface area contributed by atoms with Crippen LogP contribution in [0.5, 0.6) is 5.75 Å². The largest absolute Gasteiger partial charge is 0.497 e. The highest BCUT2D eigenvalue weighted by molar-refractivity contribution is 6.30. The molecule has 1 atom stereocenters. The van der Waals surface area contributed by atoms with Crippen LogP contribution in [0.25, 0.3) is 0 Å². The van der Waals surface area contributed by atoms with E-state index in [2.05, 4.69) is 5.32 Å². The van der Waals surface area contributed by atoms with Crippen LogP contribution in [-0.4, -0.2) is 36.4 Å². The second-order valence-electron chi connectivity index (χ2n) is 6.25. The van der Waals surface area contributed by atoms with E-state index in [0.29, 0.717) is 18.1 Å². The van der Waals surface area contributed by atoms with E-state index >= 15 is 0 Å². The quantitative estimate of drug-likeness (QED) is 0.753. The Kier molecular flexibility index (Phi) is 7.67. The lowest BCUT2D eigenvalue weighted by Crippen LogP contribution is -2.48. The molecule has 1 N–H and O–H groups in total. The van der Waals surface area contributed by atoms with Crippen molar-refractivity contribution in [1.29, 1.82) is 0 Å². The maximum absolute atomic E-state index is 13.0. The summed E-state index contributed by atoms with van der Waals surface area (Å²) < 4.78 is 5.17. The van der Waals surface area contributed by atoms with Crippen LogP contribution in [0, 0.1) is 0 Å². The molecule has 6 heteroatoms. The zero-order valence-electron chi connectivity index (χ0n) is 15.9. The van der Waals surface area contributed by atoms with E-state index in [1.807, 2.05) is 43.3 Å². The Morgan fingerprint density at radius 2 is 1.85 bits per heavy atom. The Morgan fingerprint density at radius 1 is 1.15 bits per heavy atom. The average Bonchev–Trinajstić information content (AvgIpc) is 2.66. The number of halogens is 1. The summed E-state index contributed by atoms with van der Waals surface area (Å²) in [6.45, 7) is 4.44. The average molecular weight is 389 g/mol. The van der Waals surface area contributed by atoms with Gasteiger partial charge in [-0.25, -0.2) is 0 Å². The number of methoxy groups -OCH3 is 1. The summed E-state index contributed by atoms with van der Waals surface area (Å²) in [4.78, 5) is 26.9. The summed E-state index contributed by atoms with van der Waals surface area (Å²) in [6.07, 6.45) is 0.181.